The molecule has 3 nitrogen and oxygen atoms in total. The summed E-state index contributed by atoms with van der Waals surface area (Å²) in [6.45, 7) is 7.89. The number of hydrogen-bond donors (Lipinski definition) is 1. The number of nitrogens with zero attached hydrogens (tertiary/aromatic N) is 2. The molecule has 108 valence electrons. The molecule has 0 radical (unpaired) electrons. The molecule has 0 amide bonds. The third-order valence-corrected chi connectivity index (χ3v) is 4.21. The van der Waals surface area contributed by atoms with E-state index in [4.69, 9.17) is 0 Å². The molecule has 3 heteroatoms. The van der Waals surface area contributed by atoms with E-state index in [9.17, 15) is 0 Å². The minimum absolute atomic E-state index is 0.214. The summed E-state index contributed by atoms with van der Waals surface area (Å²) in [6, 6.07) is 0. The molecule has 1 aromatic rings. The quantitative estimate of drug-likeness (QED) is 0.846. The van der Waals surface area contributed by atoms with Crippen molar-refractivity contribution in [2.75, 3.05) is 6.54 Å². The highest BCUT2D eigenvalue weighted by Crippen LogP contribution is 2.36. The van der Waals surface area contributed by atoms with Crippen LogP contribution in [0.25, 0.3) is 0 Å². The van der Waals surface area contributed by atoms with E-state index in [2.05, 4.69) is 43.6 Å². The highest BCUT2D eigenvalue weighted by molar-refractivity contribution is 5.13. The van der Waals surface area contributed by atoms with Gasteiger partial charge in [-0.1, -0.05) is 19.3 Å². The van der Waals surface area contributed by atoms with Gasteiger partial charge in [-0.15, -0.1) is 0 Å². The topological polar surface area (TPSA) is 29.9 Å². The minimum atomic E-state index is 0.214. The summed E-state index contributed by atoms with van der Waals surface area (Å²) >= 11 is 0. The maximum absolute atomic E-state index is 4.36. The Morgan fingerprint density at radius 1 is 1.26 bits per heavy atom. The van der Waals surface area contributed by atoms with Crippen LogP contribution in [-0.2, 0) is 7.05 Å². The Labute approximate surface area is 117 Å². The molecule has 1 saturated carbocycles. The molecule has 1 aliphatic rings. The molecule has 1 aromatic heterocycles. The zero-order chi connectivity index (χ0) is 13.9. The Hall–Kier alpha value is -0.830. The predicted molar refractivity (Wildman–Crippen MR) is 80.3 cm³/mol. The van der Waals surface area contributed by atoms with Gasteiger partial charge in [0.15, 0.2) is 0 Å². The van der Waals surface area contributed by atoms with E-state index >= 15 is 0 Å². The minimum Gasteiger partial charge on any atom is -0.312 e. The summed E-state index contributed by atoms with van der Waals surface area (Å²) in [5, 5.41) is 8.06. The predicted octanol–water partition coefficient (Wildman–Crippen LogP) is 3.47. The van der Waals surface area contributed by atoms with Crippen molar-refractivity contribution in [3.05, 3.63) is 18.0 Å². The SMILES string of the molecule is Cn1cc(C2CCCCCC2CNC(C)(C)C)cn1. The third kappa shape index (κ3) is 4.34. The Balaban J connectivity index is 2.07. The molecular weight excluding hydrogens is 234 g/mol. The van der Waals surface area contributed by atoms with Gasteiger partial charge in [-0.25, -0.2) is 0 Å². The lowest BCUT2D eigenvalue weighted by Crippen LogP contribution is -2.40. The molecular formula is C16H29N3. The van der Waals surface area contributed by atoms with Crippen molar-refractivity contribution in [3.63, 3.8) is 0 Å². The molecule has 0 saturated heterocycles. The van der Waals surface area contributed by atoms with Crippen LogP contribution >= 0.6 is 0 Å². The van der Waals surface area contributed by atoms with Crippen LogP contribution in [0.5, 0.6) is 0 Å². The van der Waals surface area contributed by atoms with Crippen LogP contribution in [0.2, 0.25) is 0 Å². The van der Waals surface area contributed by atoms with Gasteiger partial charge in [0.05, 0.1) is 6.20 Å². The summed E-state index contributed by atoms with van der Waals surface area (Å²) in [7, 11) is 2.02. The van der Waals surface area contributed by atoms with Crippen molar-refractivity contribution < 1.29 is 0 Å². The van der Waals surface area contributed by atoms with Crippen LogP contribution < -0.4 is 5.32 Å². The molecule has 2 atom stereocenters. The molecule has 1 heterocycles. The molecule has 2 unspecified atom stereocenters. The van der Waals surface area contributed by atoms with Crippen molar-refractivity contribution in [1.29, 1.82) is 0 Å². The summed E-state index contributed by atoms with van der Waals surface area (Å²) < 4.78 is 1.94. The molecule has 1 N–H and O–H groups in total. The number of aromatic nitrogens is 2. The summed E-state index contributed by atoms with van der Waals surface area (Å²) in [5.74, 6) is 1.44. The van der Waals surface area contributed by atoms with Gasteiger partial charge < -0.3 is 5.32 Å². The number of aryl methyl sites for hydroxylation is 1. The molecule has 0 bridgehead atoms. The molecule has 0 aromatic carbocycles. The van der Waals surface area contributed by atoms with Crippen molar-refractivity contribution in [1.82, 2.24) is 15.1 Å². The molecule has 1 fully saturated rings. The first-order valence-electron chi connectivity index (χ1n) is 7.69. The maximum Gasteiger partial charge on any atom is 0.0524 e. The third-order valence-electron chi connectivity index (χ3n) is 4.21. The van der Waals surface area contributed by atoms with E-state index in [1.165, 1.54) is 37.7 Å². The van der Waals surface area contributed by atoms with E-state index in [1.807, 2.05) is 11.7 Å². The molecule has 0 spiro atoms. The first kappa shape index (κ1) is 14.6. The van der Waals surface area contributed by atoms with Crippen LogP contribution in [0.15, 0.2) is 12.4 Å². The lowest BCUT2D eigenvalue weighted by molar-refractivity contribution is 0.322. The number of rotatable bonds is 3. The average Bonchev–Trinajstić information content (AvgIpc) is 2.62. The van der Waals surface area contributed by atoms with Crippen molar-refractivity contribution in [2.45, 2.75) is 64.3 Å². The Bertz CT molecular complexity index is 389. The van der Waals surface area contributed by atoms with Crippen LogP contribution in [0.3, 0.4) is 0 Å². The second-order valence-corrected chi connectivity index (χ2v) is 7.08. The zero-order valence-electron chi connectivity index (χ0n) is 12.9. The van der Waals surface area contributed by atoms with E-state index in [1.54, 1.807) is 0 Å². The van der Waals surface area contributed by atoms with Crippen molar-refractivity contribution in [3.8, 4) is 0 Å². The second-order valence-electron chi connectivity index (χ2n) is 7.08. The number of nitrogens with one attached hydrogen (secondary N) is 1. The van der Waals surface area contributed by atoms with Gasteiger partial charge in [0.25, 0.3) is 0 Å². The van der Waals surface area contributed by atoms with E-state index in [-0.39, 0.29) is 5.54 Å². The average molecular weight is 263 g/mol. The first-order valence-corrected chi connectivity index (χ1v) is 7.69. The standard InChI is InChI=1S/C16H29N3/c1-16(2,3)17-10-13-8-6-5-7-9-15(13)14-11-18-19(4)12-14/h11-13,15,17H,5-10H2,1-4H3. The summed E-state index contributed by atoms with van der Waals surface area (Å²) in [5.41, 5.74) is 1.65. The van der Waals surface area contributed by atoms with Gasteiger partial charge in [-0.2, -0.15) is 5.10 Å². The van der Waals surface area contributed by atoms with Crippen LogP contribution in [0.4, 0.5) is 0 Å². The zero-order valence-corrected chi connectivity index (χ0v) is 12.9. The first-order chi connectivity index (χ1) is 8.96. The lowest BCUT2D eigenvalue weighted by atomic mass is 9.83. The van der Waals surface area contributed by atoms with E-state index < -0.39 is 0 Å². The second kappa shape index (κ2) is 6.08. The van der Waals surface area contributed by atoms with Gasteiger partial charge in [0, 0.05) is 18.8 Å². The maximum atomic E-state index is 4.36. The van der Waals surface area contributed by atoms with Crippen molar-refractivity contribution >= 4 is 0 Å². The van der Waals surface area contributed by atoms with Crippen LogP contribution in [0.1, 0.15) is 64.4 Å². The Morgan fingerprint density at radius 2 is 2.00 bits per heavy atom. The summed E-state index contributed by atoms with van der Waals surface area (Å²) in [4.78, 5) is 0. The molecule has 2 rings (SSSR count). The largest absolute Gasteiger partial charge is 0.312 e. The Kier molecular flexibility index (Phi) is 4.67. The van der Waals surface area contributed by atoms with Crippen LogP contribution in [0, 0.1) is 5.92 Å². The smallest absolute Gasteiger partial charge is 0.0524 e. The van der Waals surface area contributed by atoms with Gasteiger partial charge in [-0.05, 0) is 57.6 Å². The molecule has 0 aliphatic heterocycles. The summed E-state index contributed by atoms with van der Waals surface area (Å²) in [6.07, 6.45) is 11.1. The fourth-order valence-corrected chi connectivity index (χ4v) is 3.14. The van der Waals surface area contributed by atoms with Crippen molar-refractivity contribution in [2.24, 2.45) is 13.0 Å². The van der Waals surface area contributed by atoms with Gasteiger partial charge in [0.2, 0.25) is 0 Å². The van der Waals surface area contributed by atoms with Gasteiger partial charge in [-0.3, -0.25) is 4.68 Å². The fraction of sp³-hybridized carbons (Fsp3) is 0.812. The lowest BCUT2D eigenvalue weighted by Gasteiger charge is -2.29. The van der Waals surface area contributed by atoms with E-state index in [0.717, 1.165) is 12.5 Å². The molecule has 1 aliphatic carbocycles. The number of hydrogen-bond acceptors (Lipinski definition) is 2. The van der Waals surface area contributed by atoms with Gasteiger partial charge >= 0.3 is 0 Å². The highest BCUT2D eigenvalue weighted by atomic mass is 15.2. The monoisotopic (exact) mass is 263 g/mol. The Morgan fingerprint density at radius 3 is 2.63 bits per heavy atom. The van der Waals surface area contributed by atoms with E-state index in [0.29, 0.717) is 5.92 Å². The molecule has 19 heavy (non-hydrogen) atoms. The highest BCUT2D eigenvalue weighted by Gasteiger charge is 2.27. The van der Waals surface area contributed by atoms with Crippen LogP contribution in [-0.4, -0.2) is 21.9 Å². The normalized spacial score (nSPS) is 25.3. The fourth-order valence-electron chi connectivity index (χ4n) is 3.14. The van der Waals surface area contributed by atoms with Gasteiger partial charge in [0.1, 0.15) is 0 Å².